The molecule has 17 heavy (non-hydrogen) atoms. The predicted octanol–water partition coefficient (Wildman–Crippen LogP) is 4.30. The van der Waals surface area contributed by atoms with Gasteiger partial charge in [0.1, 0.15) is 11.5 Å². The van der Waals surface area contributed by atoms with Gasteiger partial charge in [-0.2, -0.15) is 0 Å². The SMILES string of the molecule is CCCCC/C=C\c1cc(OC)cc(OC)c1. The summed E-state index contributed by atoms with van der Waals surface area (Å²) in [4.78, 5) is 0. The zero-order chi connectivity index (χ0) is 12.5. The zero-order valence-corrected chi connectivity index (χ0v) is 11.0. The molecule has 0 bridgehead atoms. The minimum atomic E-state index is 0.831. The van der Waals surface area contributed by atoms with E-state index in [0.29, 0.717) is 0 Å². The summed E-state index contributed by atoms with van der Waals surface area (Å²) in [6.45, 7) is 2.22. The fraction of sp³-hybridized carbons (Fsp3) is 0.467. The summed E-state index contributed by atoms with van der Waals surface area (Å²) >= 11 is 0. The van der Waals surface area contributed by atoms with Gasteiger partial charge in [0.15, 0.2) is 0 Å². The molecular weight excluding hydrogens is 212 g/mol. The van der Waals surface area contributed by atoms with Crippen LogP contribution in [0.2, 0.25) is 0 Å². The van der Waals surface area contributed by atoms with Crippen LogP contribution in [0.5, 0.6) is 11.5 Å². The highest BCUT2D eigenvalue weighted by molar-refractivity contribution is 5.55. The van der Waals surface area contributed by atoms with Crippen LogP contribution in [-0.4, -0.2) is 14.2 Å². The van der Waals surface area contributed by atoms with Crippen LogP contribution >= 0.6 is 0 Å². The van der Waals surface area contributed by atoms with E-state index >= 15 is 0 Å². The molecule has 0 heterocycles. The van der Waals surface area contributed by atoms with Crippen molar-refractivity contribution in [3.8, 4) is 11.5 Å². The Morgan fingerprint density at radius 3 is 2.18 bits per heavy atom. The molecule has 0 saturated carbocycles. The maximum atomic E-state index is 5.23. The van der Waals surface area contributed by atoms with Crippen LogP contribution in [0.1, 0.15) is 38.2 Å². The van der Waals surface area contributed by atoms with Crippen molar-refractivity contribution in [3.05, 3.63) is 29.8 Å². The highest BCUT2D eigenvalue weighted by atomic mass is 16.5. The van der Waals surface area contributed by atoms with E-state index in [-0.39, 0.29) is 0 Å². The van der Waals surface area contributed by atoms with Crippen LogP contribution < -0.4 is 9.47 Å². The van der Waals surface area contributed by atoms with Crippen LogP contribution in [0.3, 0.4) is 0 Å². The van der Waals surface area contributed by atoms with Gasteiger partial charge < -0.3 is 9.47 Å². The van der Waals surface area contributed by atoms with Crippen molar-refractivity contribution in [1.29, 1.82) is 0 Å². The third-order valence-electron chi connectivity index (χ3n) is 2.66. The van der Waals surface area contributed by atoms with Crippen molar-refractivity contribution in [2.75, 3.05) is 14.2 Å². The van der Waals surface area contributed by atoms with Gasteiger partial charge in [-0.1, -0.05) is 31.9 Å². The molecule has 0 radical (unpaired) electrons. The van der Waals surface area contributed by atoms with Gasteiger partial charge in [-0.15, -0.1) is 0 Å². The molecule has 94 valence electrons. The molecule has 1 aromatic carbocycles. The first-order valence-electron chi connectivity index (χ1n) is 6.19. The van der Waals surface area contributed by atoms with E-state index in [1.165, 1.54) is 19.3 Å². The van der Waals surface area contributed by atoms with E-state index in [0.717, 1.165) is 23.5 Å². The lowest BCUT2D eigenvalue weighted by Gasteiger charge is -2.05. The van der Waals surface area contributed by atoms with E-state index in [1.54, 1.807) is 14.2 Å². The predicted molar refractivity (Wildman–Crippen MR) is 72.7 cm³/mol. The molecule has 0 aromatic heterocycles. The lowest BCUT2D eigenvalue weighted by Crippen LogP contribution is -1.88. The molecule has 0 saturated heterocycles. The molecule has 1 aromatic rings. The molecular formula is C15H22O2. The largest absolute Gasteiger partial charge is 0.497 e. The van der Waals surface area contributed by atoms with Crippen molar-refractivity contribution >= 4 is 6.08 Å². The van der Waals surface area contributed by atoms with Gasteiger partial charge in [-0.25, -0.2) is 0 Å². The molecule has 0 unspecified atom stereocenters. The second-order valence-corrected chi connectivity index (χ2v) is 4.04. The standard InChI is InChI=1S/C15H22O2/c1-4-5-6-7-8-9-13-10-14(16-2)12-15(11-13)17-3/h8-12H,4-7H2,1-3H3/b9-8-. The van der Waals surface area contributed by atoms with Crippen LogP contribution in [0, 0.1) is 0 Å². The Kier molecular flexibility index (Phi) is 6.23. The highest BCUT2D eigenvalue weighted by Gasteiger charge is 1.98. The van der Waals surface area contributed by atoms with Gasteiger partial charge in [0, 0.05) is 6.07 Å². The fourth-order valence-corrected chi connectivity index (χ4v) is 1.66. The first kappa shape index (κ1) is 13.6. The number of hydrogen-bond donors (Lipinski definition) is 0. The molecule has 0 aliphatic carbocycles. The minimum absolute atomic E-state index is 0.831. The molecule has 0 N–H and O–H groups in total. The normalized spacial score (nSPS) is 10.8. The first-order chi connectivity index (χ1) is 8.30. The summed E-state index contributed by atoms with van der Waals surface area (Å²) in [5, 5.41) is 0. The number of rotatable bonds is 7. The van der Waals surface area contributed by atoms with E-state index in [9.17, 15) is 0 Å². The lowest BCUT2D eigenvalue weighted by atomic mass is 10.1. The lowest BCUT2D eigenvalue weighted by molar-refractivity contribution is 0.394. The average Bonchev–Trinajstić information content (AvgIpc) is 2.38. The number of ether oxygens (including phenoxy) is 2. The minimum Gasteiger partial charge on any atom is -0.497 e. The van der Waals surface area contributed by atoms with Gasteiger partial charge in [0.05, 0.1) is 14.2 Å². The number of allylic oxidation sites excluding steroid dienone is 1. The smallest absolute Gasteiger partial charge is 0.123 e. The number of benzene rings is 1. The molecule has 0 aliphatic rings. The topological polar surface area (TPSA) is 18.5 Å². The van der Waals surface area contributed by atoms with Gasteiger partial charge >= 0.3 is 0 Å². The van der Waals surface area contributed by atoms with Gasteiger partial charge in [-0.3, -0.25) is 0 Å². The van der Waals surface area contributed by atoms with Crippen molar-refractivity contribution in [2.45, 2.75) is 32.6 Å². The van der Waals surface area contributed by atoms with E-state index in [4.69, 9.17) is 9.47 Å². The molecule has 0 amide bonds. The monoisotopic (exact) mass is 234 g/mol. The Bertz CT molecular complexity index is 334. The molecule has 0 aliphatic heterocycles. The van der Waals surface area contributed by atoms with Crippen molar-refractivity contribution in [2.24, 2.45) is 0 Å². The van der Waals surface area contributed by atoms with E-state index < -0.39 is 0 Å². The summed E-state index contributed by atoms with van der Waals surface area (Å²) in [6.07, 6.45) is 9.29. The summed E-state index contributed by atoms with van der Waals surface area (Å²) < 4.78 is 10.5. The van der Waals surface area contributed by atoms with E-state index in [1.807, 2.05) is 18.2 Å². The van der Waals surface area contributed by atoms with Crippen LogP contribution in [0.25, 0.3) is 6.08 Å². The average molecular weight is 234 g/mol. The summed E-state index contributed by atoms with van der Waals surface area (Å²) in [6, 6.07) is 5.91. The Balaban J connectivity index is 2.62. The summed E-state index contributed by atoms with van der Waals surface area (Å²) in [5.41, 5.74) is 1.12. The maximum Gasteiger partial charge on any atom is 0.123 e. The van der Waals surface area contributed by atoms with E-state index in [2.05, 4.69) is 19.1 Å². The zero-order valence-electron chi connectivity index (χ0n) is 11.0. The second-order valence-electron chi connectivity index (χ2n) is 4.04. The van der Waals surface area contributed by atoms with Crippen molar-refractivity contribution in [1.82, 2.24) is 0 Å². The molecule has 0 fully saturated rings. The van der Waals surface area contributed by atoms with Gasteiger partial charge in [0.2, 0.25) is 0 Å². The third-order valence-corrected chi connectivity index (χ3v) is 2.66. The molecule has 2 nitrogen and oxygen atoms in total. The Labute approximate surface area is 104 Å². The third kappa shape index (κ3) is 4.94. The van der Waals surface area contributed by atoms with Gasteiger partial charge in [-0.05, 0) is 30.5 Å². The number of hydrogen-bond acceptors (Lipinski definition) is 2. The molecule has 2 heteroatoms. The van der Waals surface area contributed by atoms with Crippen molar-refractivity contribution < 1.29 is 9.47 Å². The quantitative estimate of drug-likeness (QED) is 0.655. The number of unbranched alkanes of at least 4 members (excludes halogenated alkanes) is 3. The van der Waals surface area contributed by atoms with Crippen LogP contribution in [0.4, 0.5) is 0 Å². The maximum absolute atomic E-state index is 5.23. The Morgan fingerprint density at radius 1 is 1.00 bits per heavy atom. The van der Waals surface area contributed by atoms with Gasteiger partial charge in [0.25, 0.3) is 0 Å². The van der Waals surface area contributed by atoms with Crippen LogP contribution in [-0.2, 0) is 0 Å². The second kappa shape index (κ2) is 7.77. The highest BCUT2D eigenvalue weighted by Crippen LogP contribution is 2.23. The fourth-order valence-electron chi connectivity index (χ4n) is 1.66. The Morgan fingerprint density at radius 2 is 1.65 bits per heavy atom. The molecule has 0 spiro atoms. The summed E-state index contributed by atoms with van der Waals surface area (Å²) in [7, 11) is 3.34. The Hall–Kier alpha value is -1.44. The molecule has 0 atom stereocenters. The van der Waals surface area contributed by atoms with Crippen molar-refractivity contribution in [3.63, 3.8) is 0 Å². The summed E-state index contributed by atoms with van der Waals surface area (Å²) in [5.74, 6) is 1.66. The van der Waals surface area contributed by atoms with Crippen LogP contribution in [0.15, 0.2) is 24.3 Å². The first-order valence-corrected chi connectivity index (χ1v) is 6.19. The molecule has 1 rings (SSSR count). The number of methoxy groups -OCH3 is 2.